The molecule has 0 radical (unpaired) electrons. The van der Waals surface area contributed by atoms with E-state index >= 15 is 0 Å². The van der Waals surface area contributed by atoms with Crippen molar-refractivity contribution in [1.29, 1.82) is 0 Å². The minimum Gasteiger partial charge on any atom is -0.493 e. The van der Waals surface area contributed by atoms with Gasteiger partial charge in [-0.2, -0.15) is 0 Å². The minimum atomic E-state index is -0.181. The van der Waals surface area contributed by atoms with E-state index < -0.39 is 0 Å². The maximum atomic E-state index is 11.8. The summed E-state index contributed by atoms with van der Waals surface area (Å²) in [4.78, 5) is 12.4. The first-order chi connectivity index (χ1) is 14.5. The summed E-state index contributed by atoms with van der Waals surface area (Å²) in [5, 5.41) is 2.61. The predicted octanol–water partition coefficient (Wildman–Crippen LogP) is 5.16. The van der Waals surface area contributed by atoms with Gasteiger partial charge in [-0.25, -0.2) is 0 Å². The number of benzene rings is 2. The molecule has 2 aromatic carbocycles. The molecule has 0 bridgehead atoms. The van der Waals surface area contributed by atoms with Gasteiger partial charge in [0.2, 0.25) is 0 Å². The minimum absolute atomic E-state index is 0.181. The van der Waals surface area contributed by atoms with Crippen molar-refractivity contribution in [3.8, 4) is 17.2 Å². The van der Waals surface area contributed by atoms with Crippen LogP contribution in [0.3, 0.4) is 0 Å². The van der Waals surface area contributed by atoms with E-state index in [1.165, 1.54) is 17.3 Å². The molecule has 2 aromatic rings. The fourth-order valence-electron chi connectivity index (χ4n) is 3.01. The van der Waals surface area contributed by atoms with E-state index in [2.05, 4.69) is 25.2 Å². The summed E-state index contributed by atoms with van der Waals surface area (Å²) in [5.74, 6) is 2.37. The largest absolute Gasteiger partial charge is 0.493 e. The van der Waals surface area contributed by atoms with Crippen molar-refractivity contribution in [2.45, 2.75) is 26.2 Å². The van der Waals surface area contributed by atoms with Crippen LogP contribution in [0.25, 0.3) is 6.08 Å². The molecule has 0 spiro atoms. The number of carbonyl (C=O) groups is 1. The van der Waals surface area contributed by atoms with Crippen LogP contribution < -0.4 is 19.5 Å². The lowest BCUT2D eigenvalue weighted by molar-refractivity contribution is -0.115. The van der Waals surface area contributed by atoms with Gasteiger partial charge in [-0.15, -0.1) is 0 Å². The first-order valence-corrected chi connectivity index (χ1v) is 11.0. The van der Waals surface area contributed by atoms with Crippen LogP contribution in [0.1, 0.15) is 37.3 Å². The molecular formula is C23H25NO4S2. The predicted molar refractivity (Wildman–Crippen MR) is 125 cm³/mol. The number of ether oxygens (including phenoxy) is 3. The lowest BCUT2D eigenvalue weighted by Crippen LogP contribution is -2.17. The molecule has 3 rings (SSSR count). The van der Waals surface area contributed by atoms with E-state index in [4.69, 9.17) is 26.4 Å². The van der Waals surface area contributed by atoms with Crippen LogP contribution in [0.15, 0.2) is 47.4 Å². The lowest BCUT2D eigenvalue weighted by atomic mass is 9.98. The monoisotopic (exact) mass is 443 g/mol. The zero-order valence-corrected chi connectivity index (χ0v) is 18.9. The zero-order chi connectivity index (χ0) is 21.5. The van der Waals surface area contributed by atoms with Crippen molar-refractivity contribution >= 4 is 40.3 Å². The van der Waals surface area contributed by atoms with Crippen molar-refractivity contribution in [2.75, 3.05) is 20.3 Å². The molecule has 1 amide bonds. The van der Waals surface area contributed by atoms with Gasteiger partial charge in [-0.05, 0) is 47.7 Å². The van der Waals surface area contributed by atoms with Gasteiger partial charge in [0.25, 0.3) is 5.91 Å². The lowest BCUT2D eigenvalue weighted by Gasteiger charge is -2.16. The Labute approximate surface area is 186 Å². The molecule has 1 atom stereocenters. The number of thiocarbonyl (C=S) groups is 1. The van der Waals surface area contributed by atoms with Crippen LogP contribution in [0.4, 0.5) is 0 Å². The second-order valence-corrected chi connectivity index (χ2v) is 8.53. The number of hydrogen-bond acceptors (Lipinski definition) is 6. The van der Waals surface area contributed by atoms with E-state index in [0.29, 0.717) is 39.9 Å². The first kappa shape index (κ1) is 22.2. The first-order valence-electron chi connectivity index (χ1n) is 9.79. The summed E-state index contributed by atoms with van der Waals surface area (Å²) in [7, 11) is 1.59. The normalized spacial score (nSPS) is 15.8. The molecule has 0 aromatic heterocycles. The molecule has 1 aliphatic heterocycles. The smallest absolute Gasteiger partial charge is 0.263 e. The van der Waals surface area contributed by atoms with Crippen molar-refractivity contribution in [1.82, 2.24) is 5.32 Å². The molecule has 7 heteroatoms. The molecule has 1 fully saturated rings. The Balaban J connectivity index is 1.61. The fourth-order valence-corrected chi connectivity index (χ4v) is 4.05. The molecule has 158 valence electrons. The standard InChI is InChI=1S/C23H25NO4S2/c1-4-15(2)17-7-5-6-8-18(17)27-11-12-28-19-10-9-16(13-20(19)26-3)14-21-22(25)24-23(29)30-21/h5-10,13-15H,4,11-12H2,1-3H3,(H,24,25,29)/b21-14-/t15-/m1/s1. The highest BCUT2D eigenvalue weighted by Gasteiger charge is 2.22. The molecular weight excluding hydrogens is 418 g/mol. The highest BCUT2D eigenvalue weighted by molar-refractivity contribution is 8.26. The summed E-state index contributed by atoms with van der Waals surface area (Å²) in [6.07, 6.45) is 2.84. The maximum absolute atomic E-state index is 11.8. The number of nitrogens with one attached hydrogen (secondary N) is 1. The van der Waals surface area contributed by atoms with Crippen molar-refractivity contribution in [3.63, 3.8) is 0 Å². The van der Waals surface area contributed by atoms with E-state index in [1.807, 2.05) is 36.4 Å². The van der Waals surface area contributed by atoms with Crippen molar-refractivity contribution in [3.05, 3.63) is 58.5 Å². The fraction of sp³-hybridized carbons (Fsp3) is 0.304. The number of hydrogen-bond donors (Lipinski definition) is 1. The number of amides is 1. The zero-order valence-electron chi connectivity index (χ0n) is 17.3. The third kappa shape index (κ3) is 5.55. The third-order valence-electron chi connectivity index (χ3n) is 4.79. The Bertz CT molecular complexity index is 958. The average Bonchev–Trinajstić information content (AvgIpc) is 3.08. The second kappa shape index (κ2) is 10.5. The van der Waals surface area contributed by atoms with Gasteiger partial charge in [0.05, 0.1) is 12.0 Å². The summed E-state index contributed by atoms with van der Waals surface area (Å²) in [6, 6.07) is 13.6. The average molecular weight is 444 g/mol. The van der Waals surface area contributed by atoms with Crippen molar-refractivity contribution in [2.24, 2.45) is 0 Å². The molecule has 0 unspecified atom stereocenters. The van der Waals surface area contributed by atoms with Crippen LogP contribution in [-0.2, 0) is 4.79 Å². The number of para-hydroxylation sites is 1. The van der Waals surface area contributed by atoms with Gasteiger partial charge in [-0.3, -0.25) is 4.79 Å². The van der Waals surface area contributed by atoms with Crippen LogP contribution in [-0.4, -0.2) is 30.6 Å². The van der Waals surface area contributed by atoms with Gasteiger partial charge < -0.3 is 19.5 Å². The van der Waals surface area contributed by atoms with E-state index in [-0.39, 0.29) is 5.91 Å². The summed E-state index contributed by atoms with van der Waals surface area (Å²) in [6.45, 7) is 5.18. The van der Waals surface area contributed by atoms with E-state index in [1.54, 1.807) is 13.2 Å². The number of rotatable bonds is 9. The molecule has 0 saturated carbocycles. The molecule has 0 aliphatic carbocycles. The number of thioether (sulfide) groups is 1. The third-order valence-corrected chi connectivity index (χ3v) is 5.95. The van der Waals surface area contributed by atoms with Gasteiger partial charge in [0.15, 0.2) is 11.5 Å². The molecule has 1 aliphatic rings. The maximum Gasteiger partial charge on any atom is 0.263 e. The SMILES string of the molecule is CC[C@@H](C)c1ccccc1OCCOc1ccc(/C=C2\SC(=S)NC2=O)cc1OC. The highest BCUT2D eigenvalue weighted by Crippen LogP contribution is 2.32. The topological polar surface area (TPSA) is 56.8 Å². The van der Waals surface area contributed by atoms with Gasteiger partial charge in [0.1, 0.15) is 23.3 Å². The highest BCUT2D eigenvalue weighted by atomic mass is 32.2. The molecule has 1 N–H and O–H groups in total. The summed E-state index contributed by atoms with van der Waals surface area (Å²) in [5.41, 5.74) is 2.04. The molecule has 1 saturated heterocycles. The van der Waals surface area contributed by atoms with Crippen LogP contribution in [0.5, 0.6) is 17.2 Å². The molecule has 1 heterocycles. The Kier molecular flexibility index (Phi) is 7.76. The van der Waals surface area contributed by atoms with Gasteiger partial charge >= 0.3 is 0 Å². The Hall–Kier alpha value is -2.51. The summed E-state index contributed by atoms with van der Waals surface area (Å²) >= 11 is 6.26. The van der Waals surface area contributed by atoms with E-state index in [0.717, 1.165) is 17.7 Å². The molecule has 5 nitrogen and oxygen atoms in total. The van der Waals surface area contributed by atoms with Crippen LogP contribution >= 0.6 is 24.0 Å². The Morgan fingerprint density at radius 3 is 2.50 bits per heavy atom. The van der Waals surface area contributed by atoms with Crippen LogP contribution in [0, 0.1) is 0 Å². The number of carbonyl (C=O) groups excluding carboxylic acids is 1. The van der Waals surface area contributed by atoms with Gasteiger partial charge in [-0.1, -0.05) is 62.1 Å². The summed E-state index contributed by atoms with van der Waals surface area (Å²) < 4.78 is 17.7. The van der Waals surface area contributed by atoms with Crippen molar-refractivity contribution < 1.29 is 19.0 Å². The second-order valence-electron chi connectivity index (χ2n) is 6.81. The van der Waals surface area contributed by atoms with Gasteiger partial charge in [0, 0.05) is 0 Å². The molecule has 30 heavy (non-hydrogen) atoms. The Morgan fingerprint density at radius 2 is 1.83 bits per heavy atom. The quantitative estimate of drug-likeness (QED) is 0.328. The van der Waals surface area contributed by atoms with Crippen LogP contribution in [0.2, 0.25) is 0 Å². The number of methoxy groups -OCH3 is 1. The van der Waals surface area contributed by atoms with E-state index in [9.17, 15) is 4.79 Å². The Morgan fingerprint density at radius 1 is 1.10 bits per heavy atom.